The number of benzene rings is 3. The molecular formula is C23H17BiN4. The zero-order valence-corrected chi connectivity index (χ0v) is 19.1. The van der Waals surface area contributed by atoms with E-state index in [4.69, 9.17) is 9.97 Å². The van der Waals surface area contributed by atoms with E-state index in [9.17, 15) is 0 Å². The molecule has 0 aliphatic rings. The van der Waals surface area contributed by atoms with Gasteiger partial charge in [0.2, 0.25) is 0 Å². The van der Waals surface area contributed by atoms with Crippen molar-refractivity contribution in [3.8, 4) is 17.1 Å². The van der Waals surface area contributed by atoms with E-state index in [1.807, 2.05) is 13.0 Å². The standard InChI is InChI=1S/C23H17N4.Bi/c1-15-12-13-19-18-10-6-7-11-20(18)27(17-8-4-3-5-9-17)22(19)21(15)23-25-14-24-16(2)26-23;/h3-13H,1-2H3;. The van der Waals surface area contributed by atoms with E-state index in [-0.39, 0.29) is 0 Å². The summed E-state index contributed by atoms with van der Waals surface area (Å²) in [5.74, 6) is 1.52. The van der Waals surface area contributed by atoms with Gasteiger partial charge in [-0.15, -0.1) is 0 Å². The molecule has 0 atom stereocenters. The first-order chi connectivity index (χ1) is 13.6. The van der Waals surface area contributed by atoms with Crippen LogP contribution in [0.1, 0.15) is 11.4 Å². The fraction of sp³-hybridized carbons (Fsp3) is 0.0870. The van der Waals surface area contributed by atoms with Crippen LogP contribution in [0.4, 0.5) is 0 Å². The van der Waals surface area contributed by atoms with Gasteiger partial charge in [-0.25, -0.2) is 0 Å². The van der Waals surface area contributed by atoms with Gasteiger partial charge >= 0.3 is 179 Å². The molecule has 4 nitrogen and oxygen atoms in total. The molecule has 0 unspecified atom stereocenters. The Balaban J connectivity index is 2.01. The Morgan fingerprint density at radius 2 is 1.50 bits per heavy atom. The number of nitrogens with zero attached hydrogens (tertiary/aromatic N) is 4. The number of fused-ring (bicyclic) bond motifs is 3. The molecule has 28 heavy (non-hydrogen) atoms. The maximum absolute atomic E-state index is 4.73. The minimum absolute atomic E-state index is 0.757. The van der Waals surface area contributed by atoms with Crippen LogP contribution in [0.5, 0.6) is 0 Å². The van der Waals surface area contributed by atoms with Gasteiger partial charge in [0.05, 0.1) is 0 Å². The third-order valence-corrected chi connectivity index (χ3v) is 5.80. The molecule has 0 spiro atoms. The molecule has 5 heteroatoms. The quantitative estimate of drug-likeness (QED) is 0.308. The summed E-state index contributed by atoms with van der Waals surface area (Å²) in [5.41, 5.74) is 5.71. The molecule has 0 aliphatic carbocycles. The van der Waals surface area contributed by atoms with Crippen molar-refractivity contribution in [3.63, 3.8) is 0 Å². The molecule has 0 amide bonds. The second-order valence-electron chi connectivity index (χ2n) is 6.85. The predicted molar refractivity (Wildman–Crippen MR) is 114 cm³/mol. The zero-order valence-electron chi connectivity index (χ0n) is 15.6. The van der Waals surface area contributed by atoms with Crippen LogP contribution in [0.25, 0.3) is 38.9 Å². The maximum atomic E-state index is 4.73. The number of para-hydroxylation sites is 2. The third-order valence-electron chi connectivity index (χ3n) is 5.02. The van der Waals surface area contributed by atoms with Crippen LogP contribution < -0.4 is 3.53 Å². The topological polar surface area (TPSA) is 43.6 Å². The molecule has 3 aromatic carbocycles. The molecule has 0 aliphatic heterocycles. The Kier molecular flexibility index (Phi) is 4.21. The third kappa shape index (κ3) is 2.73. The van der Waals surface area contributed by atoms with Crippen LogP contribution in [0.15, 0.2) is 66.7 Å². The van der Waals surface area contributed by atoms with Crippen molar-refractivity contribution in [2.45, 2.75) is 13.8 Å². The van der Waals surface area contributed by atoms with Crippen molar-refractivity contribution in [1.82, 2.24) is 19.5 Å². The van der Waals surface area contributed by atoms with E-state index in [1.54, 1.807) is 0 Å². The van der Waals surface area contributed by atoms with Gasteiger partial charge in [0.25, 0.3) is 0 Å². The summed E-state index contributed by atoms with van der Waals surface area (Å²) < 4.78 is 3.18. The molecular weight excluding hydrogens is 541 g/mol. The van der Waals surface area contributed by atoms with Crippen LogP contribution in [-0.4, -0.2) is 44.2 Å². The summed E-state index contributed by atoms with van der Waals surface area (Å²) in [7, 11) is 0. The second kappa shape index (κ2) is 6.75. The summed E-state index contributed by atoms with van der Waals surface area (Å²) in [6.07, 6.45) is 0. The summed E-state index contributed by atoms with van der Waals surface area (Å²) >= 11 is 1.02. The fourth-order valence-electron chi connectivity index (χ4n) is 3.87. The monoisotopic (exact) mass is 558 g/mol. The number of hydrogen-bond donors (Lipinski definition) is 0. The Morgan fingerprint density at radius 1 is 0.750 bits per heavy atom. The molecule has 0 saturated carbocycles. The van der Waals surface area contributed by atoms with Crippen LogP contribution in [0.3, 0.4) is 0 Å². The molecule has 2 radical (unpaired) electrons. The van der Waals surface area contributed by atoms with Gasteiger partial charge in [-0.3, -0.25) is 0 Å². The average molecular weight is 558 g/mol. The molecule has 2 heterocycles. The first-order valence-electron chi connectivity index (χ1n) is 9.13. The predicted octanol–water partition coefficient (Wildman–Crippen LogP) is 4.05. The molecule has 0 saturated heterocycles. The first kappa shape index (κ1) is 17.5. The van der Waals surface area contributed by atoms with E-state index in [2.05, 4.69) is 77.1 Å². The van der Waals surface area contributed by atoms with Crippen LogP contribution in [0.2, 0.25) is 0 Å². The number of hydrogen-bond acceptors (Lipinski definition) is 3. The van der Waals surface area contributed by atoms with Crippen molar-refractivity contribution in [1.29, 1.82) is 0 Å². The van der Waals surface area contributed by atoms with Crippen molar-refractivity contribution in [2.75, 3.05) is 0 Å². The van der Waals surface area contributed by atoms with Crippen molar-refractivity contribution in [3.05, 3.63) is 78.1 Å². The molecule has 5 rings (SSSR count). The van der Waals surface area contributed by atoms with Crippen LogP contribution in [0, 0.1) is 13.8 Å². The average Bonchev–Trinajstić information content (AvgIpc) is 3.02. The van der Waals surface area contributed by atoms with Crippen molar-refractivity contribution >= 4 is 50.1 Å². The van der Waals surface area contributed by atoms with Gasteiger partial charge in [0.1, 0.15) is 0 Å². The normalized spacial score (nSPS) is 11.4. The number of aryl methyl sites for hydroxylation is 2. The SMILES string of the molecule is Cc1n[c]([Bi])nc(-c2c(C)ccc3c4ccccc4n(-c4ccccc4)c23)n1. The molecule has 2 aromatic heterocycles. The van der Waals surface area contributed by atoms with E-state index in [0.29, 0.717) is 0 Å². The van der Waals surface area contributed by atoms with Gasteiger partial charge in [0, 0.05) is 0 Å². The van der Waals surface area contributed by atoms with Crippen LogP contribution in [-0.2, 0) is 0 Å². The fourth-order valence-corrected chi connectivity index (χ4v) is 4.80. The Bertz CT molecular complexity index is 1320. The van der Waals surface area contributed by atoms with E-state index in [0.717, 1.165) is 62.2 Å². The Hall–Kier alpha value is -2.65. The molecule has 5 aromatic rings. The van der Waals surface area contributed by atoms with E-state index >= 15 is 0 Å². The molecule has 0 N–H and O–H groups in total. The summed E-state index contributed by atoms with van der Waals surface area (Å²) in [4.78, 5) is 13.8. The van der Waals surface area contributed by atoms with Gasteiger partial charge in [0.15, 0.2) is 0 Å². The summed E-state index contributed by atoms with van der Waals surface area (Å²) in [6.45, 7) is 4.07. The summed E-state index contributed by atoms with van der Waals surface area (Å²) in [5, 5.41) is 2.45. The molecule has 134 valence electrons. The van der Waals surface area contributed by atoms with Crippen molar-refractivity contribution in [2.24, 2.45) is 0 Å². The van der Waals surface area contributed by atoms with Gasteiger partial charge in [-0.05, 0) is 0 Å². The zero-order chi connectivity index (χ0) is 19.3. The van der Waals surface area contributed by atoms with Gasteiger partial charge < -0.3 is 0 Å². The summed E-state index contributed by atoms with van der Waals surface area (Å²) in [6, 6.07) is 23.4. The van der Waals surface area contributed by atoms with Crippen molar-refractivity contribution < 1.29 is 0 Å². The van der Waals surface area contributed by atoms with Gasteiger partial charge in [-0.2, -0.15) is 0 Å². The van der Waals surface area contributed by atoms with E-state index < -0.39 is 0 Å². The minimum atomic E-state index is 0.757. The molecule has 0 bridgehead atoms. The number of aromatic nitrogens is 4. The van der Waals surface area contributed by atoms with Crippen LogP contribution >= 0.6 is 0 Å². The second-order valence-corrected chi connectivity index (χ2v) is 8.40. The Morgan fingerprint density at radius 3 is 2.29 bits per heavy atom. The number of rotatable bonds is 2. The molecule has 0 fully saturated rings. The van der Waals surface area contributed by atoms with E-state index in [1.165, 1.54) is 16.3 Å². The Labute approximate surface area is 178 Å². The van der Waals surface area contributed by atoms with Gasteiger partial charge in [-0.1, -0.05) is 0 Å². The first-order valence-corrected chi connectivity index (χ1v) is 10.9.